The summed E-state index contributed by atoms with van der Waals surface area (Å²) in [5.41, 5.74) is 8.23. The lowest BCUT2D eigenvalue weighted by atomic mass is 9.96. The van der Waals surface area contributed by atoms with Crippen LogP contribution < -0.4 is 16.0 Å². The molecule has 3 aromatic heterocycles. The summed E-state index contributed by atoms with van der Waals surface area (Å²) in [6.07, 6.45) is 7.32. The number of carbonyl (C=O) groups excluding carboxylic acids is 5. The van der Waals surface area contributed by atoms with Crippen molar-refractivity contribution >= 4 is 46.0 Å². The van der Waals surface area contributed by atoms with Crippen molar-refractivity contribution in [3.8, 4) is 22.5 Å². The Balaban J connectivity index is 0.817. The fourth-order valence-electron chi connectivity index (χ4n) is 8.68. The van der Waals surface area contributed by atoms with Gasteiger partial charge in [-0.3, -0.25) is 43.9 Å². The summed E-state index contributed by atoms with van der Waals surface area (Å²) in [4.78, 5) is 75.0. The Kier molecular flexibility index (Phi) is 10.4. The molecule has 4 aliphatic heterocycles. The smallest absolute Gasteiger partial charge is 0.269 e. The van der Waals surface area contributed by atoms with E-state index in [1.165, 1.54) is 10.6 Å². The number of ether oxygens (including phenoxy) is 1. The molecule has 2 aromatic carbocycles. The number of imide groups is 1. The van der Waals surface area contributed by atoms with Crippen LogP contribution in [0.3, 0.4) is 0 Å². The first-order chi connectivity index (χ1) is 28.7. The van der Waals surface area contributed by atoms with Crippen molar-refractivity contribution in [2.24, 2.45) is 0 Å². The number of amides is 5. The number of fused-ring (bicyclic) bond motifs is 3. The molecule has 0 saturated carbocycles. The third kappa shape index (κ3) is 7.53. The second-order valence-corrected chi connectivity index (χ2v) is 15.6. The molecule has 302 valence electrons. The van der Waals surface area contributed by atoms with Crippen LogP contribution in [0.1, 0.15) is 82.7 Å². The zero-order chi connectivity index (χ0) is 40.6. The van der Waals surface area contributed by atoms with Crippen LogP contribution in [0.15, 0.2) is 67.0 Å². The normalized spacial score (nSPS) is 18.1. The van der Waals surface area contributed by atoms with Gasteiger partial charge in [0.1, 0.15) is 11.7 Å². The van der Waals surface area contributed by atoms with Gasteiger partial charge in [0.2, 0.25) is 17.7 Å². The molecule has 0 aliphatic carbocycles. The molecule has 9 rings (SSSR count). The van der Waals surface area contributed by atoms with Crippen molar-refractivity contribution in [2.45, 2.75) is 70.6 Å². The molecule has 1 unspecified atom stereocenters. The zero-order valence-electron chi connectivity index (χ0n) is 32.8. The van der Waals surface area contributed by atoms with Crippen LogP contribution in [0.2, 0.25) is 0 Å². The van der Waals surface area contributed by atoms with Crippen LogP contribution in [-0.4, -0.2) is 98.0 Å². The van der Waals surface area contributed by atoms with Crippen molar-refractivity contribution in [1.82, 2.24) is 40.2 Å². The average Bonchev–Trinajstić information content (AvgIpc) is 3.80. The first-order valence-corrected chi connectivity index (χ1v) is 20.3. The van der Waals surface area contributed by atoms with E-state index in [9.17, 15) is 24.0 Å². The van der Waals surface area contributed by atoms with Crippen molar-refractivity contribution in [1.29, 1.82) is 0 Å². The predicted molar refractivity (Wildman–Crippen MR) is 218 cm³/mol. The minimum Gasteiger partial charge on any atom is -0.385 e. The number of nitrogens with zero attached hydrogens (tertiary/aromatic N) is 6. The molecule has 5 aromatic rings. The Hall–Kier alpha value is -6.48. The lowest BCUT2D eigenvalue weighted by molar-refractivity contribution is -0.137. The average molecular weight is 796 g/mol. The standard InChI is InChI=1S/C44H45N9O6/c1-26(54)51-17-12-38-35(25-51)41(50-53(38)31-13-18-59-19-14-31)33-5-2-4-27-21-37(48-23-34(27)33)28-6-9-36(47-22-28)42(56)46-16-3-15-45-30-7-8-32-29(20-30)24-52(44(32)58)39-10-11-40(55)49-43(39)57/h2,4-9,20-23,31,39,45H,3,10-19,24-25H2,1H3,(H,46,56)(H,49,55,57). The van der Waals surface area contributed by atoms with Crippen molar-refractivity contribution in [3.63, 3.8) is 0 Å². The molecule has 0 radical (unpaired) electrons. The maximum absolute atomic E-state index is 13.0. The molecule has 0 bridgehead atoms. The number of pyridine rings is 2. The van der Waals surface area contributed by atoms with E-state index in [0.717, 1.165) is 82.6 Å². The first-order valence-electron chi connectivity index (χ1n) is 20.3. The quantitative estimate of drug-likeness (QED) is 0.135. The van der Waals surface area contributed by atoms with E-state index in [2.05, 4.69) is 37.7 Å². The molecule has 3 N–H and O–H groups in total. The summed E-state index contributed by atoms with van der Waals surface area (Å²) in [5, 5.41) is 15.8. The molecule has 2 fully saturated rings. The van der Waals surface area contributed by atoms with Crippen LogP contribution in [0.4, 0.5) is 5.69 Å². The number of piperidine rings is 1. The Morgan fingerprint density at radius 2 is 1.78 bits per heavy atom. The van der Waals surface area contributed by atoms with Gasteiger partial charge in [0.15, 0.2) is 0 Å². The summed E-state index contributed by atoms with van der Waals surface area (Å²) in [6.45, 7) is 5.60. The second kappa shape index (κ2) is 16.0. The summed E-state index contributed by atoms with van der Waals surface area (Å²) in [6, 6.07) is 16.9. The molecule has 15 heteroatoms. The molecule has 1 atom stereocenters. The highest BCUT2D eigenvalue weighted by Crippen LogP contribution is 2.38. The molecular formula is C44H45N9O6. The minimum atomic E-state index is -0.651. The van der Waals surface area contributed by atoms with Gasteiger partial charge in [0, 0.05) is 117 Å². The van der Waals surface area contributed by atoms with Crippen molar-refractivity contribution < 1.29 is 28.7 Å². The van der Waals surface area contributed by atoms with Crippen molar-refractivity contribution in [2.75, 3.05) is 38.2 Å². The van der Waals surface area contributed by atoms with Gasteiger partial charge in [-0.05, 0) is 73.0 Å². The lowest BCUT2D eigenvalue weighted by Gasteiger charge is -2.29. The summed E-state index contributed by atoms with van der Waals surface area (Å²) >= 11 is 0. The third-order valence-corrected chi connectivity index (χ3v) is 11.9. The molecule has 5 amide bonds. The fourth-order valence-corrected chi connectivity index (χ4v) is 8.68. The van der Waals surface area contributed by atoms with Crippen molar-refractivity contribution in [3.05, 3.63) is 95.1 Å². The number of rotatable bonds is 10. The van der Waals surface area contributed by atoms with E-state index in [1.54, 1.807) is 25.3 Å². The number of nitrogens with one attached hydrogen (secondary N) is 3. The number of hydrogen-bond acceptors (Lipinski definition) is 10. The number of aromatic nitrogens is 4. The van der Waals surface area contributed by atoms with Crippen LogP contribution in [0, 0.1) is 0 Å². The highest BCUT2D eigenvalue weighted by molar-refractivity contribution is 6.05. The monoisotopic (exact) mass is 795 g/mol. The Labute approximate surface area is 340 Å². The SMILES string of the molecule is CC(=O)N1CCc2c(c(-c3cccc4cc(-c5ccc(C(=O)NCCCNc6ccc7c(c6)CN(C6CCC(=O)NC6=O)C7=O)nc5)ncc34)nn2C2CCOCC2)C1. The molecule has 0 spiro atoms. The van der Waals surface area contributed by atoms with E-state index in [4.69, 9.17) is 14.8 Å². The topological polar surface area (TPSA) is 181 Å². The molecule has 59 heavy (non-hydrogen) atoms. The Morgan fingerprint density at radius 1 is 0.915 bits per heavy atom. The number of carbonyl (C=O) groups is 5. The van der Waals surface area contributed by atoms with Gasteiger partial charge >= 0.3 is 0 Å². The van der Waals surface area contributed by atoms with Gasteiger partial charge in [-0.2, -0.15) is 5.10 Å². The number of hydrogen-bond donors (Lipinski definition) is 3. The fraction of sp³-hybridized carbons (Fsp3) is 0.364. The number of benzene rings is 2. The summed E-state index contributed by atoms with van der Waals surface area (Å²) in [7, 11) is 0. The zero-order valence-corrected chi connectivity index (χ0v) is 32.8. The summed E-state index contributed by atoms with van der Waals surface area (Å²) < 4.78 is 7.85. The van der Waals surface area contributed by atoms with E-state index in [0.29, 0.717) is 56.8 Å². The maximum atomic E-state index is 13.0. The van der Waals surface area contributed by atoms with Gasteiger partial charge < -0.3 is 25.2 Å². The Bertz CT molecular complexity index is 2490. The van der Waals surface area contributed by atoms with Gasteiger partial charge in [0.05, 0.1) is 17.4 Å². The highest BCUT2D eigenvalue weighted by Gasteiger charge is 2.39. The lowest BCUT2D eigenvalue weighted by Crippen LogP contribution is -2.52. The van der Waals surface area contributed by atoms with Crippen LogP contribution in [-0.2, 0) is 38.6 Å². The van der Waals surface area contributed by atoms with Crippen LogP contribution in [0.5, 0.6) is 0 Å². The van der Waals surface area contributed by atoms with Crippen LogP contribution >= 0.6 is 0 Å². The summed E-state index contributed by atoms with van der Waals surface area (Å²) in [5.74, 6) is -1.16. The maximum Gasteiger partial charge on any atom is 0.269 e. The Morgan fingerprint density at radius 3 is 2.58 bits per heavy atom. The van der Waals surface area contributed by atoms with E-state index < -0.39 is 11.9 Å². The predicted octanol–water partition coefficient (Wildman–Crippen LogP) is 4.41. The van der Waals surface area contributed by atoms with Gasteiger partial charge in [-0.15, -0.1) is 0 Å². The highest BCUT2D eigenvalue weighted by atomic mass is 16.5. The van der Waals surface area contributed by atoms with Gasteiger partial charge in [-0.1, -0.05) is 18.2 Å². The third-order valence-electron chi connectivity index (χ3n) is 11.9. The molecule has 4 aliphatic rings. The number of anilines is 1. The van der Waals surface area contributed by atoms with E-state index in [1.807, 2.05) is 41.4 Å². The van der Waals surface area contributed by atoms with Crippen LogP contribution in [0.25, 0.3) is 33.3 Å². The van der Waals surface area contributed by atoms with Gasteiger partial charge in [-0.25, -0.2) is 0 Å². The largest absolute Gasteiger partial charge is 0.385 e. The molecular weight excluding hydrogens is 751 g/mol. The second-order valence-electron chi connectivity index (χ2n) is 15.6. The van der Waals surface area contributed by atoms with Gasteiger partial charge in [0.25, 0.3) is 11.8 Å². The molecule has 7 heterocycles. The molecule has 2 saturated heterocycles. The minimum absolute atomic E-state index is 0.0616. The van der Waals surface area contributed by atoms with E-state index in [-0.39, 0.29) is 36.1 Å². The molecule has 15 nitrogen and oxygen atoms in total. The first kappa shape index (κ1) is 38.1. The van der Waals surface area contributed by atoms with E-state index >= 15 is 0 Å².